The maximum atomic E-state index is 11.1. The number of allylic oxidation sites excluding steroid dienone is 1. The molecule has 0 aromatic heterocycles. The largest absolute Gasteiger partial charge is 0.392 e. The van der Waals surface area contributed by atoms with Gasteiger partial charge in [0.15, 0.2) is 0 Å². The Morgan fingerprint density at radius 2 is 1.83 bits per heavy atom. The van der Waals surface area contributed by atoms with Gasteiger partial charge in [-0.1, -0.05) is 11.6 Å². The third-order valence-electron chi connectivity index (χ3n) is 3.08. The summed E-state index contributed by atoms with van der Waals surface area (Å²) >= 11 is 0. The molecule has 0 aromatic rings. The fraction of sp³-hybridized carbons (Fsp3) is 0.700. The first kappa shape index (κ1) is 7.99. The molecule has 0 spiro atoms. The van der Waals surface area contributed by atoms with Gasteiger partial charge in [0, 0.05) is 12.8 Å². The molecule has 2 fully saturated rings. The Bertz CT molecular complexity index is 212. The highest BCUT2D eigenvalue weighted by Crippen LogP contribution is 2.44. The molecule has 2 unspecified atom stereocenters. The third kappa shape index (κ3) is 1.31. The molecule has 0 radical (unpaired) electrons. The number of Topliss-reactive ketones (excluding diaryl/α,β-unsaturated/α-hetero) is 1. The van der Waals surface area contributed by atoms with Gasteiger partial charge in [0.25, 0.3) is 0 Å². The summed E-state index contributed by atoms with van der Waals surface area (Å²) in [6.07, 6.45) is 5.58. The van der Waals surface area contributed by atoms with E-state index >= 15 is 0 Å². The predicted octanol–water partition coefficient (Wildman–Crippen LogP) is 1.29. The molecule has 2 atom stereocenters. The standard InChI is InChI=1S/C10H14O2/c11-2-1-7-3-8-5-10(12)6-9(8)4-7/h1,8-9,11H,2-6H2. The van der Waals surface area contributed by atoms with Gasteiger partial charge in [0.1, 0.15) is 5.78 Å². The van der Waals surface area contributed by atoms with Crippen LogP contribution in [0.5, 0.6) is 0 Å². The Kier molecular flexibility index (Phi) is 2.01. The van der Waals surface area contributed by atoms with Crippen LogP contribution in [0.15, 0.2) is 11.6 Å². The average Bonchev–Trinajstić information content (AvgIpc) is 2.44. The van der Waals surface area contributed by atoms with E-state index in [1.807, 2.05) is 6.08 Å². The van der Waals surface area contributed by atoms with Crippen molar-refractivity contribution < 1.29 is 9.90 Å². The highest BCUT2D eigenvalue weighted by molar-refractivity contribution is 5.81. The lowest BCUT2D eigenvalue weighted by Gasteiger charge is -2.02. The van der Waals surface area contributed by atoms with Crippen LogP contribution in [0.1, 0.15) is 25.7 Å². The SMILES string of the molecule is O=C1CC2CC(=CCO)CC2C1. The minimum atomic E-state index is 0.155. The molecule has 1 N–H and O–H groups in total. The molecule has 0 aromatic carbocycles. The summed E-state index contributed by atoms with van der Waals surface area (Å²) in [6.45, 7) is 0.155. The predicted molar refractivity (Wildman–Crippen MR) is 45.6 cm³/mol. The monoisotopic (exact) mass is 166 g/mol. The normalized spacial score (nSPS) is 34.1. The Morgan fingerprint density at radius 1 is 1.25 bits per heavy atom. The maximum absolute atomic E-state index is 11.1. The second-order valence-electron chi connectivity index (χ2n) is 3.92. The van der Waals surface area contributed by atoms with Gasteiger partial charge in [-0.25, -0.2) is 0 Å². The van der Waals surface area contributed by atoms with E-state index in [0.29, 0.717) is 17.6 Å². The van der Waals surface area contributed by atoms with Gasteiger partial charge in [0.2, 0.25) is 0 Å². The number of carbonyl (C=O) groups is 1. The zero-order valence-electron chi connectivity index (χ0n) is 7.12. The molecule has 0 heterocycles. The van der Waals surface area contributed by atoms with Crippen molar-refractivity contribution >= 4 is 5.78 Å². The van der Waals surface area contributed by atoms with Crippen LogP contribution in [0, 0.1) is 11.8 Å². The molecule has 66 valence electrons. The molecule has 2 saturated carbocycles. The van der Waals surface area contributed by atoms with Crippen LogP contribution in [0.2, 0.25) is 0 Å². The molecular weight excluding hydrogens is 152 g/mol. The maximum Gasteiger partial charge on any atom is 0.133 e. The van der Waals surface area contributed by atoms with E-state index in [0.717, 1.165) is 25.7 Å². The number of hydrogen-bond donors (Lipinski definition) is 1. The molecule has 0 aliphatic heterocycles. The second-order valence-corrected chi connectivity index (χ2v) is 3.92. The summed E-state index contributed by atoms with van der Waals surface area (Å²) < 4.78 is 0. The molecule has 2 heteroatoms. The number of rotatable bonds is 1. The molecule has 2 nitrogen and oxygen atoms in total. The average molecular weight is 166 g/mol. The van der Waals surface area contributed by atoms with E-state index in [9.17, 15) is 4.79 Å². The van der Waals surface area contributed by atoms with Crippen LogP contribution in [-0.2, 0) is 4.79 Å². The van der Waals surface area contributed by atoms with Gasteiger partial charge < -0.3 is 5.11 Å². The molecular formula is C10H14O2. The van der Waals surface area contributed by atoms with Crippen LogP contribution in [0.4, 0.5) is 0 Å². The van der Waals surface area contributed by atoms with E-state index in [2.05, 4.69) is 0 Å². The number of fused-ring (bicyclic) bond motifs is 1. The fourth-order valence-electron chi connectivity index (χ4n) is 2.53. The first-order valence-corrected chi connectivity index (χ1v) is 4.60. The van der Waals surface area contributed by atoms with Gasteiger partial charge in [-0.2, -0.15) is 0 Å². The first-order valence-electron chi connectivity index (χ1n) is 4.60. The van der Waals surface area contributed by atoms with Gasteiger partial charge in [-0.05, 0) is 24.7 Å². The zero-order chi connectivity index (χ0) is 8.55. The van der Waals surface area contributed by atoms with E-state index in [-0.39, 0.29) is 6.61 Å². The summed E-state index contributed by atoms with van der Waals surface area (Å²) in [5.74, 6) is 1.65. The van der Waals surface area contributed by atoms with Crippen molar-refractivity contribution in [2.45, 2.75) is 25.7 Å². The Morgan fingerprint density at radius 3 is 2.33 bits per heavy atom. The van der Waals surface area contributed by atoms with Crippen molar-refractivity contribution in [3.05, 3.63) is 11.6 Å². The van der Waals surface area contributed by atoms with E-state index in [4.69, 9.17) is 5.11 Å². The number of ketones is 1. The van der Waals surface area contributed by atoms with E-state index < -0.39 is 0 Å². The molecule has 12 heavy (non-hydrogen) atoms. The van der Waals surface area contributed by atoms with Crippen molar-refractivity contribution in [1.29, 1.82) is 0 Å². The van der Waals surface area contributed by atoms with Gasteiger partial charge in [0.05, 0.1) is 6.61 Å². The van der Waals surface area contributed by atoms with Gasteiger partial charge in [-0.3, -0.25) is 4.79 Å². The van der Waals surface area contributed by atoms with Crippen molar-refractivity contribution in [3.8, 4) is 0 Å². The number of carbonyl (C=O) groups excluding carboxylic acids is 1. The van der Waals surface area contributed by atoms with Crippen molar-refractivity contribution in [1.82, 2.24) is 0 Å². The Balaban J connectivity index is 2.02. The lowest BCUT2D eigenvalue weighted by molar-refractivity contribution is -0.117. The molecule has 0 bridgehead atoms. The molecule has 2 aliphatic rings. The summed E-state index contributed by atoms with van der Waals surface area (Å²) in [5, 5.41) is 8.70. The van der Waals surface area contributed by atoms with Crippen LogP contribution >= 0.6 is 0 Å². The topological polar surface area (TPSA) is 37.3 Å². The Hall–Kier alpha value is -0.630. The molecule has 0 saturated heterocycles. The summed E-state index contributed by atoms with van der Waals surface area (Å²) in [4.78, 5) is 11.1. The van der Waals surface area contributed by atoms with Gasteiger partial charge >= 0.3 is 0 Å². The molecule has 2 aliphatic carbocycles. The van der Waals surface area contributed by atoms with Crippen molar-refractivity contribution in [2.24, 2.45) is 11.8 Å². The number of hydrogen-bond acceptors (Lipinski definition) is 2. The summed E-state index contributed by atoms with van der Waals surface area (Å²) in [7, 11) is 0. The van der Waals surface area contributed by atoms with Gasteiger partial charge in [-0.15, -0.1) is 0 Å². The lowest BCUT2D eigenvalue weighted by atomic mass is 10.0. The third-order valence-corrected chi connectivity index (χ3v) is 3.08. The fourth-order valence-corrected chi connectivity index (χ4v) is 2.53. The van der Waals surface area contributed by atoms with Crippen LogP contribution < -0.4 is 0 Å². The molecule has 0 amide bonds. The quantitative estimate of drug-likeness (QED) is 0.596. The minimum Gasteiger partial charge on any atom is -0.392 e. The number of aliphatic hydroxyl groups is 1. The van der Waals surface area contributed by atoms with Crippen LogP contribution in [-0.4, -0.2) is 17.5 Å². The smallest absolute Gasteiger partial charge is 0.133 e. The van der Waals surface area contributed by atoms with Crippen molar-refractivity contribution in [3.63, 3.8) is 0 Å². The highest BCUT2D eigenvalue weighted by Gasteiger charge is 2.38. The second kappa shape index (κ2) is 3.02. The molecule has 2 rings (SSSR count). The van der Waals surface area contributed by atoms with E-state index in [1.54, 1.807) is 0 Å². The summed E-state index contributed by atoms with van der Waals surface area (Å²) in [5.41, 5.74) is 1.36. The summed E-state index contributed by atoms with van der Waals surface area (Å²) in [6, 6.07) is 0. The highest BCUT2D eigenvalue weighted by atomic mass is 16.2. The Labute approximate surface area is 72.3 Å². The van der Waals surface area contributed by atoms with Crippen LogP contribution in [0.25, 0.3) is 0 Å². The zero-order valence-corrected chi connectivity index (χ0v) is 7.12. The van der Waals surface area contributed by atoms with Crippen LogP contribution in [0.3, 0.4) is 0 Å². The van der Waals surface area contributed by atoms with Crippen molar-refractivity contribution in [2.75, 3.05) is 6.61 Å². The minimum absolute atomic E-state index is 0.155. The lowest BCUT2D eigenvalue weighted by Crippen LogP contribution is -1.95. The number of aliphatic hydroxyl groups excluding tert-OH is 1. The first-order chi connectivity index (χ1) is 5.79. The van der Waals surface area contributed by atoms with E-state index in [1.165, 1.54) is 5.57 Å².